The lowest BCUT2D eigenvalue weighted by Crippen LogP contribution is -2.16. The Morgan fingerprint density at radius 1 is 0.773 bits per heavy atom. The van der Waals surface area contributed by atoms with Crippen molar-refractivity contribution in [2.45, 2.75) is 25.9 Å². The zero-order valence-electron chi connectivity index (χ0n) is 12.6. The first-order valence-electron chi connectivity index (χ1n) is 7.45. The highest BCUT2D eigenvalue weighted by Gasteiger charge is 2.08. The fourth-order valence-corrected chi connectivity index (χ4v) is 1.99. The van der Waals surface area contributed by atoms with Gasteiger partial charge in [-0.25, -0.2) is 0 Å². The van der Waals surface area contributed by atoms with E-state index in [0.29, 0.717) is 19.6 Å². The molecule has 0 aromatic heterocycles. The quantitative estimate of drug-likeness (QED) is 0.567. The third-order valence-electron chi connectivity index (χ3n) is 3.16. The average Bonchev–Trinajstić information content (AvgIpc) is 2.59. The zero-order valence-corrected chi connectivity index (χ0v) is 12.6. The van der Waals surface area contributed by atoms with Crippen LogP contribution in [0.5, 0.6) is 0 Å². The molecule has 0 fully saturated rings. The molecule has 0 aliphatic heterocycles. The summed E-state index contributed by atoms with van der Waals surface area (Å²) in [5.41, 5.74) is 2.23. The van der Waals surface area contributed by atoms with E-state index < -0.39 is 0 Å². The first-order chi connectivity index (χ1) is 10.9. The molecule has 0 saturated carbocycles. The van der Waals surface area contributed by atoms with Crippen LogP contribution in [-0.4, -0.2) is 18.0 Å². The molecule has 22 heavy (non-hydrogen) atoms. The summed E-state index contributed by atoms with van der Waals surface area (Å²) in [7, 11) is 0. The number of rotatable bonds is 9. The van der Waals surface area contributed by atoms with Crippen LogP contribution in [0, 0.1) is 0 Å². The van der Waals surface area contributed by atoms with E-state index in [0.717, 1.165) is 11.1 Å². The van der Waals surface area contributed by atoms with Gasteiger partial charge in [0.2, 0.25) is 0 Å². The van der Waals surface area contributed by atoms with Crippen LogP contribution < -0.4 is 0 Å². The van der Waals surface area contributed by atoms with Crippen LogP contribution in [0.25, 0.3) is 0 Å². The first kappa shape index (κ1) is 16.4. The normalized spacial score (nSPS) is 11.4. The molecule has 0 aliphatic carbocycles. The van der Waals surface area contributed by atoms with Crippen LogP contribution in [0.1, 0.15) is 17.5 Å². The van der Waals surface area contributed by atoms with Gasteiger partial charge in [0.25, 0.3) is 0 Å². The SMILES string of the molecule is OC/C=C/CC(OCc1ccccc1)OCc1ccccc1. The molecule has 0 amide bonds. The number of ether oxygens (including phenoxy) is 2. The third-order valence-corrected chi connectivity index (χ3v) is 3.16. The van der Waals surface area contributed by atoms with Gasteiger partial charge in [0.1, 0.15) is 0 Å². The van der Waals surface area contributed by atoms with E-state index in [1.54, 1.807) is 6.08 Å². The van der Waals surface area contributed by atoms with Crippen LogP contribution in [-0.2, 0) is 22.7 Å². The van der Waals surface area contributed by atoms with Gasteiger partial charge in [0.05, 0.1) is 19.8 Å². The molecule has 2 rings (SSSR count). The maximum Gasteiger partial charge on any atom is 0.161 e. The van der Waals surface area contributed by atoms with Crippen LogP contribution in [0.3, 0.4) is 0 Å². The highest BCUT2D eigenvalue weighted by Crippen LogP contribution is 2.11. The van der Waals surface area contributed by atoms with Gasteiger partial charge in [-0.15, -0.1) is 0 Å². The predicted molar refractivity (Wildman–Crippen MR) is 87.1 cm³/mol. The van der Waals surface area contributed by atoms with Crippen LogP contribution >= 0.6 is 0 Å². The Labute approximate surface area is 131 Å². The third kappa shape index (κ3) is 6.22. The number of aliphatic hydroxyl groups excluding tert-OH is 1. The van der Waals surface area contributed by atoms with Crippen LogP contribution in [0.15, 0.2) is 72.8 Å². The second-order valence-corrected chi connectivity index (χ2v) is 4.91. The van der Waals surface area contributed by atoms with Crippen molar-refractivity contribution in [3.05, 3.63) is 83.9 Å². The summed E-state index contributed by atoms with van der Waals surface area (Å²) >= 11 is 0. The molecule has 3 nitrogen and oxygen atoms in total. The molecule has 1 N–H and O–H groups in total. The van der Waals surface area contributed by atoms with Crippen molar-refractivity contribution in [3.63, 3.8) is 0 Å². The van der Waals surface area contributed by atoms with E-state index >= 15 is 0 Å². The summed E-state index contributed by atoms with van der Waals surface area (Å²) in [6, 6.07) is 20.0. The summed E-state index contributed by atoms with van der Waals surface area (Å²) in [4.78, 5) is 0. The van der Waals surface area contributed by atoms with Gasteiger partial charge in [0, 0.05) is 6.42 Å². The van der Waals surface area contributed by atoms with Crippen molar-refractivity contribution in [1.29, 1.82) is 0 Å². The molecule has 3 heteroatoms. The number of hydrogen-bond donors (Lipinski definition) is 1. The molecule has 2 aromatic rings. The van der Waals surface area contributed by atoms with E-state index in [4.69, 9.17) is 14.6 Å². The Morgan fingerprint density at radius 3 is 1.73 bits per heavy atom. The monoisotopic (exact) mass is 298 g/mol. The zero-order chi connectivity index (χ0) is 15.5. The smallest absolute Gasteiger partial charge is 0.161 e. The van der Waals surface area contributed by atoms with Gasteiger partial charge in [0.15, 0.2) is 6.29 Å². The Bertz CT molecular complexity index is 494. The maximum atomic E-state index is 8.83. The molecular formula is C19H22O3. The van der Waals surface area contributed by atoms with Crippen molar-refractivity contribution < 1.29 is 14.6 Å². The molecule has 0 spiro atoms. The average molecular weight is 298 g/mol. The summed E-state index contributed by atoms with van der Waals surface area (Å²) in [5.74, 6) is 0. The van der Waals surface area contributed by atoms with Crippen LogP contribution in [0.2, 0.25) is 0 Å². The topological polar surface area (TPSA) is 38.7 Å². The lowest BCUT2D eigenvalue weighted by atomic mass is 10.2. The molecule has 0 heterocycles. The van der Waals surface area contributed by atoms with Crippen molar-refractivity contribution in [1.82, 2.24) is 0 Å². The lowest BCUT2D eigenvalue weighted by molar-refractivity contribution is -0.154. The fraction of sp³-hybridized carbons (Fsp3) is 0.263. The standard InChI is InChI=1S/C19H22O3/c20-14-8-7-13-19(21-15-17-9-3-1-4-10-17)22-16-18-11-5-2-6-12-18/h1-12,19-20H,13-16H2/b8-7+. The molecule has 0 bridgehead atoms. The molecule has 0 atom stereocenters. The molecule has 116 valence electrons. The summed E-state index contributed by atoms with van der Waals surface area (Å²) < 4.78 is 11.7. The minimum atomic E-state index is -0.330. The highest BCUT2D eigenvalue weighted by molar-refractivity contribution is 5.14. The van der Waals surface area contributed by atoms with E-state index in [-0.39, 0.29) is 12.9 Å². The minimum Gasteiger partial charge on any atom is -0.392 e. The largest absolute Gasteiger partial charge is 0.392 e. The summed E-state index contributed by atoms with van der Waals surface area (Å²) in [6.45, 7) is 1.05. The van der Waals surface area contributed by atoms with Crippen LogP contribution in [0.4, 0.5) is 0 Å². The Balaban J connectivity index is 1.86. The fourth-order valence-electron chi connectivity index (χ4n) is 1.99. The summed E-state index contributed by atoms with van der Waals surface area (Å²) in [5, 5.41) is 8.83. The number of benzene rings is 2. The maximum absolute atomic E-state index is 8.83. The van der Waals surface area contributed by atoms with Gasteiger partial charge < -0.3 is 14.6 Å². The van der Waals surface area contributed by atoms with Crippen molar-refractivity contribution in [2.24, 2.45) is 0 Å². The minimum absolute atomic E-state index is 0.0318. The Hall–Kier alpha value is -1.94. The van der Waals surface area contributed by atoms with Gasteiger partial charge in [-0.3, -0.25) is 0 Å². The van der Waals surface area contributed by atoms with Crippen molar-refractivity contribution in [3.8, 4) is 0 Å². The molecular weight excluding hydrogens is 276 g/mol. The van der Waals surface area contributed by atoms with Gasteiger partial charge in [-0.1, -0.05) is 72.8 Å². The van der Waals surface area contributed by atoms with E-state index in [2.05, 4.69) is 0 Å². The van der Waals surface area contributed by atoms with Gasteiger partial charge >= 0.3 is 0 Å². The van der Waals surface area contributed by atoms with E-state index in [1.165, 1.54) is 0 Å². The molecule has 0 saturated heterocycles. The molecule has 0 radical (unpaired) electrons. The molecule has 0 unspecified atom stereocenters. The van der Waals surface area contributed by atoms with Gasteiger partial charge in [-0.05, 0) is 11.1 Å². The second kappa shape index (κ2) is 9.90. The summed E-state index contributed by atoms with van der Waals surface area (Å²) in [6.07, 6.45) is 3.86. The molecule has 0 aliphatic rings. The van der Waals surface area contributed by atoms with Crippen molar-refractivity contribution >= 4 is 0 Å². The van der Waals surface area contributed by atoms with Gasteiger partial charge in [-0.2, -0.15) is 0 Å². The second-order valence-electron chi connectivity index (χ2n) is 4.91. The van der Waals surface area contributed by atoms with Crippen molar-refractivity contribution in [2.75, 3.05) is 6.61 Å². The predicted octanol–water partition coefficient (Wildman–Crippen LogP) is 3.68. The Kier molecular flexibility index (Phi) is 7.39. The lowest BCUT2D eigenvalue weighted by Gasteiger charge is -2.17. The van der Waals surface area contributed by atoms with E-state index in [9.17, 15) is 0 Å². The number of hydrogen-bond acceptors (Lipinski definition) is 3. The Morgan fingerprint density at radius 2 is 1.27 bits per heavy atom. The number of aliphatic hydroxyl groups is 1. The highest BCUT2D eigenvalue weighted by atomic mass is 16.7. The van der Waals surface area contributed by atoms with E-state index in [1.807, 2.05) is 66.7 Å². The first-order valence-corrected chi connectivity index (χ1v) is 7.45. The molecule has 2 aromatic carbocycles.